The van der Waals surface area contributed by atoms with Gasteiger partial charge >= 0.3 is 5.69 Å². The molecular formula is C12H13FN4O2. The zero-order valence-corrected chi connectivity index (χ0v) is 10.3. The highest BCUT2D eigenvalue weighted by molar-refractivity contribution is 5.62. The number of nitro benzene ring substituents is 1. The van der Waals surface area contributed by atoms with E-state index in [1.54, 1.807) is 23.1 Å². The van der Waals surface area contributed by atoms with E-state index >= 15 is 0 Å². The molecule has 0 spiro atoms. The summed E-state index contributed by atoms with van der Waals surface area (Å²) in [5, 5.41) is 17.8. The Bertz CT molecular complexity index is 571. The van der Waals surface area contributed by atoms with Crippen molar-refractivity contribution in [3.05, 3.63) is 52.6 Å². The lowest BCUT2D eigenvalue weighted by atomic mass is 10.2. The van der Waals surface area contributed by atoms with E-state index in [1.807, 2.05) is 6.92 Å². The molecule has 0 radical (unpaired) electrons. The fourth-order valence-corrected chi connectivity index (χ4v) is 1.82. The summed E-state index contributed by atoms with van der Waals surface area (Å²) in [4.78, 5) is 10.1. The van der Waals surface area contributed by atoms with Gasteiger partial charge < -0.3 is 5.32 Å². The minimum Gasteiger partial charge on any atom is -0.375 e. The third-order valence-electron chi connectivity index (χ3n) is 2.59. The Kier molecular flexibility index (Phi) is 3.74. The average Bonchev–Trinajstić information content (AvgIpc) is 2.81. The van der Waals surface area contributed by atoms with E-state index < -0.39 is 16.4 Å². The molecule has 1 N–H and O–H groups in total. The summed E-state index contributed by atoms with van der Waals surface area (Å²) in [6, 6.07) is 5.66. The first kappa shape index (κ1) is 13.0. The molecule has 0 saturated heterocycles. The number of nitrogens with one attached hydrogen (secondary N) is 1. The molecule has 2 aromatic rings. The van der Waals surface area contributed by atoms with Gasteiger partial charge in [0.1, 0.15) is 5.69 Å². The number of para-hydroxylation sites is 1. The molecule has 0 aliphatic rings. The number of anilines is 1. The zero-order chi connectivity index (χ0) is 13.8. The van der Waals surface area contributed by atoms with Crippen LogP contribution in [0.2, 0.25) is 0 Å². The highest BCUT2D eigenvalue weighted by atomic mass is 19.1. The summed E-state index contributed by atoms with van der Waals surface area (Å²) in [6.45, 7) is 2.37. The van der Waals surface area contributed by atoms with Crippen LogP contribution in [0.3, 0.4) is 0 Å². The Balaban J connectivity index is 2.14. The molecule has 1 aromatic carbocycles. The molecule has 2 rings (SSSR count). The molecule has 19 heavy (non-hydrogen) atoms. The van der Waals surface area contributed by atoms with E-state index in [4.69, 9.17) is 0 Å². The van der Waals surface area contributed by atoms with Crippen LogP contribution >= 0.6 is 0 Å². The van der Waals surface area contributed by atoms with Crippen LogP contribution in [0.1, 0.15) is 6.92 Å². The molecule has 0 amide bonds. The lowest BCUT2D eigenvalue weighted by Crippen LogP contribution is -2.22. The minimum absolute atomic E-state index is 0.125. The molecule has 0 bridgehead atoms. The number of benzene rings is 1. The van der Waals surface area contributed by atoms with Gasteiger partial charge in [-0.05, 0) is 25.1 Å². The first-order valence-corrected chi connectivity index (χ1v) is 5.75. The Morgan fingerprint density at radius 3 is 2.95 bits per heavy atom. The van der Waals surface area contributed by atoms with E-state index in [0.29, 0.717) is 6.54 Å². The molecule has 0 fully saturated rings. The van der Waals surface area contributed by atoms with Gasteiger partial charge in [0.25, 0.3) is 0 Å². The van der Waals surface area contributed by atoms with Crippen molar-refractivity contribution in [2.75, 3.05) is 5.32 Å². The summed E-state index contributed by atoms with van der Waals surface area (Å²) >= 11 is 0. The van der Waals surface area contributed by atoms with Crippen molar-refractivity contribution < 1.29 is 9.31 Å². The van der Waals surface area contributed by atoms with Crippen LogP contribution < -0.4 is 5.32 Å². The molecule has 1 unspecified atom stereocenters. The smallest absolute Gasteiger partial charge is 0.327 e. The second-order valence-electron chi connectivity index (χ2n) is 4.17. The third-order valence-corrected chi connectivity index (χ3v) is 2.59. The van der Waals surface area contributed by atoms with Gasteiger partial charge in [0.2, 0.25) is 5.82 Å². The maximum Gasteiger partial charge on any atom is 0.327 e. The molecule has 1 atom stereocenters. The van der Waals surface area contributed by atoms with Gasteiger partial charge in [-0.25, -0.2) is 0 Å². The Morgan fingerprint density at radius 1 is 1.53 bits per heavy atom. The monoisotopic (exact) mass is 264 g/mol. The molecule has 100 valence electrons. The normalized spacial score (nSPS) is 12.1. The maximum atomic E-state index is 13.4. The second kappa shape index (κ2) is 5.47. The van der Waals surface area contributed by atoms with Gasteiger partial charge in [0.05, 0.1) is 11.5 Å². The van der Waals surface area contributed by atoms with Gasteiger partial charge in [0, 0.05) is 18.4 Å². The third kappa shape index (κ3) is 3.06. The topological polar surface area (TPSA) is 73.0 Å². The van der Waals surface area contributed by atoms with Crippen LogP contribution in [0.15, 0.2) is 36.7 Å². The summed E-state index contributed by atoms with van der Waals surface area (Å²) in [5.41, 5.74) is -0.362. The van der Waals surface area contributed by atoms with Gasteiger partial charge in [-0.2, -0.15) is 9.49 Å². The molecule has 0 aliphatic heterocycles. The summed E-state index contributed by atoms with van der Waals surface area (Å²) in [7, 11) is 0. The van der Waals surface area contributed by atoms with Crippen molar-refractivity contribution in [2.24, 2.45) is 0 Å². The summed E-state index contributed by atoms with van der Waals surface area (Å²) in [6.07, 6.45) is 3.44. The maximum absolute atomic E-state index is 13.4. The lowest BCUT2D eigenvalue weighted by Gasteiger charge is -2.15. The van der Waals surface area contributed by atoms with Crippen molar-refractivity contribution in [3.63, 3.8) is 0 Å². The number of nitrogens with zero attached hydrogens (tertiary/aromatic N) is 3. The van der Waals surface area contributed by atoms with Gasteiger partial charge in [-0.15, -0.1) is 0 Å². The molecule has 0 aliphatic carbocycles. The minimum atomic E-state index is -0.846. The van der Waals surface area contributed by atoms with Crippen LogP contribution in [-0.2, 0) is 6.54 Å². The second-order valence-corrected chi connectivity index (χ2v) is 4.17. The van der Waals surface area contributed by atoms with Crippen molar-refractivity contribution in [1.29, 1.82) is 0 Å². The molecule has 6 nitrogen and oxygen atoms in total. The zero-order valence-electron chi connectivity index (χ0n) is 10.3. The van der Waals surface area contributed by atoms with Crippen LogP contribution in [0, 0.1) is 15.9 Å². The van der Waals surface area contributed by atoms with Crippen molar-refractivity contribution in [1.82, 2.24) is 9.78 Å². The van der Waals surface area contributed by atoms with E-state index in [9.17, 15) is 14.5 Å². The lowest BCUT2D eigenvalue weighted by molar-refractivity contribution is -0.386. The molecule has 0 saturated carbocycles. The Hall–Kier alpha value is -2.44. The fraction of sp³-hybridized carbons (Fsp3) is 0.250. The Labute approximate surface area is 109 Å². The Morgan fingerprint density at radius 2 is 2.32 bits per heavy atom. The van der Waals surface area contributed by atoms with Crippen LogP contribution in [0.5, 0.6) is 0 Å². The standard InChI is InChI=1S/C12H13FN4O2/c1-9(8-16-7-3-6-14-16)15-11-5-2-4-10(13)12(11)17(18)19/h2-7,9,15H,8H2,1H3. The van der Waals surface area contributed by atoms with Crippen molar-refractivity contribution in [2.45, 2.75) is 19.5 Å². The summed E-state index contributed by atoms with van der Waals surface area (Å²) in [5.74, 6) is -0.846. The van der Waals surface area contributed by atoms with Crippen LogP contribution in [0.4, 0.5) is 15.8 Å². The number of hydrogen-bond acceptors (Lipinski definition) is 4. The van der Waals surface area contributed by atoms with Crippen molar-refractivity contribution >= 4 is 11.4 Å². The molecule has 1 aromatic heterocycles. The van der Waals surface area contributed by atoms with Crippen LogP contribution in [0.25, 0.3) is 0 Å². The predicted octanol–water partition coefficient (Wildman–Crippen LogP) is 2.43. The SMILES string of the molecule is CC(Cn1cccn1)Nc1cccc(F)c1[N+](=O)[O-]. The first-order valence-electron chi connectivity index (χ1n) is 5.75. The largest absolute Gasteiger partial charge is 0.375 e. The molecule has 7 heteroatoms. The molecular weight excluding hydrogens is 251 g/mol. The highest BCUT2D eigenvalue weighted by Gasteiger charge is 2.20. The highest BCUT2D eigenvalue weighted by Crippen LogP contribution is 2.27. The number of nitro groups is 1. The quantitative estimate of drug-likeness (QED) is 0.665. The van der Waals surface area contributed by atoms with E-state index in [2.05, 4.69) is 10.4 Å². The summed E-state index contributed by atoms with van der Waals surface area (Å²) < 4.78 is 15.1. The van der Waals surface area contributed by atoms with Gasteiger partial charge in [-0.1, -0.05) is 6.07 Å². The fourth-order valence-electron chi connectivity index (χ4n) is 1.82. The number of rotatable bonds is 5. The number of aromatic nitrogens is 2. The van der Waals surface area contributed by atoms with Crippen LogP contribution in [-0.4, -0.2) is 20.7 Å². The van der Waals surface area contributed by atoms with Gasteiger partial charge in [-0.3, -0.25) is 14.8 Å². The first-order chi connectivity index (χ1) is 9.08. The average molecular weight is 264 g/mol. The van der Waals surface area contributed by atoms with E-state index in [0.717, 1.165) is 6.07 Å². The van der Waals surface area contributed by atoms with Crippen molar-refractivity contribution in [3.8, 4) is 0 Å². The van der Waals surface area contributed by atoms with E-state index in [1.165, 1.54) is 12.1 Å². The predicted molar refractivity (Wildman–Crippen MR) is 68.4 cm³/mol. The number of hydrogen-bond donors (Lipinski definition) is 1. The van der Waals surface area contributed by atoms with Gasteiger partial charge in [0.15, 0.2) is 0 Å². The molecule has 1 heterocycles. The number of halogens is 1. The van der Waals surface area contributed by atoms with E-state index in [-0.39, 0.29) is 11.7 Å².